The van der Waals surface area contributed by atoms with Crippen molar-refractivity contribution in [3.63, 3.8) is 0 Å². The molecule has 6 nitrogen and oxygen atoms in total. The first-order valence-corrected chi connectivity index (χ1v) is 9.98. The van der Waals surface area contributed by atoms with Gasteiger partial charge in [-0.2, -0.15) is 5.10 Å². The first kappa shape index (κ1) is 21.3. The van der Waals surface area contributed by atoms with E-state index in [-0.39, 0.29) is 11.8 Å². The van der Waals surface area contributed by atoms with Crippen molar-refractivity contribution in [2.45, 2.75) is 40.7 Å². The van der Waals surface area contributed by atoms with Crippen molar-refractivity contribution in [2.75, 3.05) is 12.4 Å². The number of anilines is 1. The number of nitrogens with zero attached hydrogens (tertiary/aromatic N) is 3. The van der Waals surface area contributed by atoms with Crippen LogP contribution in [0.1, 0.15) is 35.0 Å². The van der Waals surface area contributed by atoms with Crippen LogP contribution >= 0.6 is 0 Å². The monoisotopic (exact) mass is 404 g/mol. The Bertz CT molecular complexity index is 1070. The van der Waals surface area contributed by atoms with E-state index >= 15 is 0 Å². The molecular weight excluding hydrogens is 376 g/mol. The maximum absolute atomic E-state index is 12.8. The Morgan fingerprint density at radius 1 is 1.03 bits per heavy atom. The average Bonchev–Trinajstić information content (AvgIpc) is 2.97. The van der Waals surface area contributed by atoms with Gasteiger partial charge in [0.25, 0.3) is 0 Å². The molecule has 3 rings (SSSR count). The van der Waals surface area contributed by atoms with Gasteiger partial charge in [0.1, 0.15) is 0 Å². The number of hydrogen-bond acceptors (Lipinski definition) is 3. The number of aryl methyl sites for hydroxylation is 2. The number of carbonyl (C=O) groups is 2. The Hall–Kier alpha value is -3.41. The summed E-state index contributed by atoms with van der Waals surface area (Å²) in [5.74, 6) is -0.0831. The molecule has 1 heterocycles. The third kappa shape index (κ3) is 4.76. The highest BCUT2D eigenvalue weighted by atomic mass is 16.2. The number of hydrogen-bond donors (Lipinski definition) is 1. The molecule has 0 aliphatic heterocycles. The topological polar surface area (TPSA) is 67.2 Å². The molecule has 0 unspecified atom stereocenters. The molecule has 1 N–H and O–H groups in total. The second kappa shape index (κ2) is 8.95. The Morgan fingerprint density at radius 2 is 1.70 bits per heavy atom. The van der Waals surface area contributed by atoms with Crippen LogP contribution in [-0.4, -0.2) is 33.5 Å². The standard InChI is InChI=1S/C24H28N4O2/c1-16-8-6-7-9-23(16)28-18(3)22(17(2)26-28)15-27(5)24(30)14-20-10-12-21(13-11-20)25-19(4)29/h6-13H,14-15H2,1-5H3,(H,25,29). The number of benzene rings is 2. The summed E-state index contributed by atoms with van der Waals surface area (Å²) < 4.78 is 1.96. The van der Waals surface area contributed by atoms with Crippen LogP contribution in [0.15, 0.2) is 48.5 Å². The van der Waals surface area contributed by atoms with E-state index < -0.39 is 0 Å². The lowest BCUT2D eigenvalue weighted by Crippen LogP contribution is -2.28. The highest BCUT2D eigenvalue weighted by molar-refractivity contribution is 5.88. The number of likely N-dealkylation sites (N-methyl/N-ethyl adjacent to an activating group) is 1. The first-order valence-electron chi connectivity index (χ1n) is 9.98. The minimum atomic E-state index is -0.115. The molecule has 0 fully saturated rings. The SMILES string of the molecule is CC(=O)Nc1ccc(CC(=O)N(C)Cc2c(C)nn(-c3ccccc3C)c2C)cc1. The molecule has 156 valence electrons. The van der Waals surface area contributed by atoms with E-state index in [2.05, 4.69) is 24.4 Å². The molecule has 0 atom stereocenters. The lowest BCUT2D eigenvalue weighted by Gasteiger charge is -2.18. The van der Waals surface area contributed by atoms with E-state index in [1.54, 1.807) is 4.90 Å². The van der Waals surface area contributed by atoms with E-state index in [1.807, 2.05) is 62.0 Å². The highest BCUT2D eigenvalue weighted by Gasteiger charge is 2.18. The molecule has 0 aliphatic rings. The summed E-state index contributed by atoms with van der Waals surface area (Å²) in [5.41, 5.74) is 6.87. The number of aromatic nitrogens is 2. The minimum Gasteiger partial charge on any atom is -0.341 e. The van der Waals surface area contributed by atoms with Gasteiger partial charge in [0.2, 0.25) is 11.8 Å². The quantitative estimate of drug-likeness (QED) is 0.676. The van der Waals surface area contributed by atoms with Crippen molar-refractivity contribution in [1.29, 1.82) is 0 Å². The smallest absolute Gasteiger partial charge is 0.227 e. The second-order valence-electron chi connectivity index (χ2n) is 7.65. The largest absolute Gasteiger partial charge is 0.341 e. The lowest BCUT2D eigenvalue weighted by molar-refractivity contribution is -0.129. The van der Waals surface area contributed by atoms with Gasteiger partial charge >= 0.3 is 0 Å². The van der Waals surface area contributed by atoms with Crippen LogP contribution in [0.3, 0.4) is 0 Å². The molecule has 30 heavy (non-hydrogen) atoms. The van der Waals surface area contributed by atoms with Gasteiger partial charge in [0.05, 0.1) is 17.8 Å². The van der Waals surface area contributed by atoms with E-state index in [4.69, 9.17) is 5.10 Å². The Kier molecular flexibility index (Phi) is 6.35. The zero-order chi connectivity index (χ0) is 21.8. The molecule has 2 aromatic carbocycles. The van der Waals surface area contributed by atoms with Crippen LogP contribution < -0.4 is 5.32 Å². The van der Waals surface area contributed by atoms with E-state index in [1.165, 1.54) is 6.92 Å². The van der Waals surface area contributed by atoms with Gasteiger partial charge in [0.15, 0.2) is 0 Å². The fourth-order valence-corrected chi connectivity index (χ4v) is 3.48. The second-order valence-corrected chi connectivity index (χ2v) is 7.65. The first-order chi connectivity index (χ1) is 14.3. The molecule has 0 aliphatic carbocycles. The predicted octanol–water partition coefficient (Wildman–Crippen LogP) is 3.96. The minimum absolute atomic E-state index is 0.0321. The van der Waals surface area contributed by atoms with Crippen LogP contribution in [0.5, 0.6) is 0 Å². The molecule has 0 spiro atoms. The summed E-state index contributed by atoms with van der Waals surface area (Å²) in [7, 11) is 1.82. The molecule has 6 heteroatoms. The zero-order valence-electron chi connectivity index (χ0n) is 18.2. The maximum Gasteiger partial charge on any atom is 0.227 e. The summed E-state index contributed by atoms with van der Waals surface area (Å²) in [5, 5.41) is 7.44. The summed E-state index contributed by atoms with van der Waals surface area (Å²) in [6.45, 7) is 8.07. The number of amides is 2. The number of rotatable bonds is 6. The summed E-state index contributed by atoms with van der Waals surface area (Å²) in [6.07, 6.45) is 0.306. The third-order valence-corrected chi connectivity index (χ3v) is 5.24. The Morgan fingerprint density at radius 3 is 2.33 bits per heavy atom. The molecular formula is C24H28N4O2. The number of para-hydroxylation sites is 1. The van der Waals surface area contributed by atoms with Gasteiger partial charge in [0, 0.05) is 37.5 Å². The van der Waals surface area contributed by atoms with Gasteiger partial charge < -0.3 is 10.2 Å². The zero-order valence-corrected chi connectivity index (χ0v) is 18.2. The van der Waals surface area contributed by atoms with Crippen molar-refractivity contribution in [3.05, 3.63) is 76.6 Å². The molecule has 0 saturated heterocycles. The number of nitrogens with one attached hydrogen (secondary N) is 1. The molecule has 3 aromatic rings. The normalized spacial score (nSPS) is 10.7. The van der Waals surface area contributed by atoms with Crippen LogP contribution in [0.4, 0.5) is 5.69 Å². The highest BCUT2D eigenvalue weighted by Crippen LogP contribution is 2.21. The van der Waals surface area contributed by atoms with Crippen molar-refractivity contribution >= 4 is 17.5 Å². The van der Waals surface area contributed by atoms with Gasteiger partial charge in [-0.05, 0) is 50.1 Å². The molecule has 2 amide bonds. The summed E-state index contributed by atoms with van der Waals surface area (Å²) >= 11 is 0. The van der Waals surface area contributed by atoms with Gasteiger partial charge in [-0.25, -0.2) is 4.68 Å². The van der Waals surface area contributed by atoms with E-state index in [9.17, 15) is 9.59 Å². The van der Waals surface area contributed by atoms with Gasteiger partial charge in [-0.1, -0.05) is 30.3 Å². The van der Waals surface area contributed by atoms with Crippen LogP contribution in [0.25, 0.3) is 5.69 Å². The maximum atomic E-state index is 12.8. The molecule has 0 radical (unpaired) electrons. The van der Waals surface area contributed by atoms with Crippen LogP contribution in [0, 0.1) is 20.8 Å². The van der Waals surface area contributed by atoms with Crippen LogP contribution in [0.2, 0.25) is 0 Å². The summed E-state index contributed by atoms with van der Waals surface area (Å²) in [4.78, 5) is 25.6. The van der Waals surface area contributed by atoms with Crippen molar-refractivity contribution < 1.29 is 9.59 Å². The fourth-order valence-electron chi connectivity index (χ4n) is 3.48. The van der Waals surface area contributed by atoms with E-state index in [0.29, 0.717) is 13.0 Å². The average molecular weight is 405 g/mol. The Balaban J connectivity index is 1.71. The van der Waals surface area contributed by atoms with E-state index in [0.717, 1.165) is 39.5 Å². The lowest BCUT2D eigenvalue weighted by atomic mass is 10.1. The third-order valence-electron chi connectivity index (χ3n) is 5.24. The predicted molar refractivity (Wildman–Crippen MR) is 119 cm³/mol. The van der Waals surface area contributed by atoms with Gasteiger partial charge in [-0.15, -0.1) is 0 Å². The summed E-state index contributed by atoms with van der Waals surface area (Å²) in [6, 6.07) is 15.5. The van der Waals surface area contributed by atoms with Crippen molar-refractivity contribution in [1.82, 2.24) is 14.7 Å². The van der Waals surface area contributed by atoms with Gasteiger partial charge in [-0.3, -0.25) is 9.59 Å². The van der Waals surface area contributed by atoms with Crippen molar-refractivity contribution in [3.8, 4) is 5.69 Å². The number of carbonyl (C=O) groups excluding carboxylic acids is 2. The Labute approximate surface area is 177 Å². The van der Waals surface area contributed by atoms with Crippen LogP contribution in [-0.2, 0) is 22.6 Å². The fraction of sp³-hybridized carbons (Fsp3) is 0.292. The van der Waals surface area contributed by atoms with Crippen molar-refractivity contribution in [2.24, 2.45) is 0 Å². The molecule has 0 saturated carbocycles. The molecule has 1 aromatic heterocycles. The molecule has 0 bridgehead atoms.